The third kappa shape index (κ3) is 3.29. The number of carbonyl (C=O) groups is 1. The van der Waals surface area contributed by atoms with Crippen LogP contribution in [0.25, 0.3) is 5.65 Å². The Morgan fingerprint density at radius 2 is 2.16 bits per heavy atom. The zero-order chi connectivity index (χ0) is 17.2. The fraction of sp³-hybridized carbons (Fsp3) is 0.421. The largest absolute Gasteiger partial charge is 0.469 e. The first kappa shape index (κ1) is 15.9. The molecule has 6 nitrogen and oxygen atoms in total. The molecular formula is C19H22N4O2. The number of furan rings is 1. The van der Waals surface area contributed by atoms with Crippen LogP contribution in [-0.2, 0) is 0 Å². The Morgan fingerprint density at radius 1 is 1.32 bits per heavy atom. The van der Waals surface area contributed by atoms with Crippen molar-refractivity contribution in [2.24, 2.45) is 5.92 Å². The van der Waals surface area contributed by atoms with Gasteiger partial charge >= 0.3 is 0 Å². The molecule has 3 aromatic rings. The number of hydrogen-bond donors (Lipinski definition) is 1. The van der Waals surface area contributed by atoms with Crippen LogP contribution in [0.4, 0.5) is 0 Å². The molecule has 6 heteroatoms. The van der Waals surface area contributed by atoms with Crippen LogP contribution in [0.1, 0.15) is 53.4 Å². The fourth-order valence-corrected chi connectivity index (χ4v) is 3.63. The third-order valence-electron chi connectivity index (χ3n) is 5.10. The molecule has 0 saturated heterocycles. The van der Waals surface area contributed by atoms with Crippen molar-refractivity contribution in [1.82, 2.24) is 19.9 Å². The van der Waals surface area contributed by atoms with Crippen molar-refractivity contribution < 1.29 is 9.21 Å². The van der Waals surface area contributed by atoms with E-state index < -0.39 is 0 Å². The van der Waals surface area contributed by atoms with Crippen LogP contribution in [0.3, 0.4) is 0 Å². The van der Waals surface area contributed by atoms with Gasteiger partial charge in [-0.1, -0.05) is 0 Å². The Balaban J connectivity index is 1.34. The molecule has 1 saturated carbocycles. The second-order valence-electron chi connectivity index (χ2n) is 6.84. The molecular weight excluding hydrogens is 316 g/mol. The van der Waals surface area contributed by atoms with E-state index in [-0.39, 0.29) is 5.91 Å². The SMILES string of the molecule is Cc1ccn2ncc(C(=O)NCC3CCC(c4ccco4)CC3)c2n1. The normalized spacial score (nSPS) is 20.7. The molecule has 1 aliphatic rings. The average molecular weight is 338 g/mol. The average Bonchev–Trinajstić information content (AvgIpc) is 3.29. The number of nitrogens with zero attached hydrogens (tertiary/aromatic N) is 3. The number of nitrogens with one attached hydrogen (secondary N) is 1. The van der Waals surface area contributed by atoms with Gasteiger partial charge in [0.1, 0.15) is 11.3 Å². The molecule has 0 aromatic carbocycles. The summed E-state index contributed by atoms with van der Waals surface area (Å²) >= 11 is 0. The summed E-state index contributed by atoms with van der Waals surface area (Å²) in [6, 6.07) is 5.89. The fourth-order valence-electron chi connectivity index (χ4n) is 3.63. The standard InChI is InChI=1S/C19H22N4O2/c1-13-8-9-23-18(22-13)16(12-21-23)19(24)20-11-14-4-6-15(7-5-14)17-3-2-10-25-17/h2-3,8-10,12,14-15H,4-7,11H2,1H3,(H,20,24). The number of rotatable bonds is 4. The van der Waals surface area contributed by atoms with E-state index in [0.29, 0.717) is 29.6 Å². The minimum atomic E-state index is -0.0961. The first-order chi connectivity index (χ1) is 12.2. The molecule has 1 N–H and O–H groups in total. The van der Waals surface area contributed by atoms with E-state index in [1.807, 2.05) is 25.3 Å². The van der Waals surface area contributed by atoms with Crippen LogP contribution in [0.5, 0.6) is 0 Å². The van der Waals surface area contributed by atoms with Crippen molar-refractivity contribution >= 4 is 11.6 Å². The number of carbonyl (C=O) groups excluding carboxylic acids is 1. The van der Waals surface area contributed by atoms with Crippen molar-refractivity contribution in [2.45, 2.75) is 38.5 Å². The lowest BCUT2D eigenvalue weighted by Gasteiger charge is -2.27. The molecule has 0 atom stereocenters. The van der Waals surface area contributed by atoms with Crippen LogP contribution < -0.4 is 5.32 Å². The molecule has 0 unspecified atom stereocenters. The first-order valence-corrected chi connectivity index (χ1v) is 8.83. The van der Waals surface area contributed by atoms with Gasteiger partial charge in [-0.05, 0) is 56.7 Å². The van der Waals surface area contributed by atoms with E-state index in [4.69, 9.17) is 4.42 Å². The number of aromatic nitrogens is 3. The Labute approximate surface area is 146 Å². The molecule has 1 fully saturated rings. The summed E-state index contributed by atoms with van der Waals surface area (Å²) in [6.45, 7) is 2.61. The Morgan fingerprint density at radius 3 is 2.92 bits per heavy atom. The van der Waals surface area contributed by atoms with Gasteiger partial charge in [-0.3, -0.25) is 4.79 Å². The zero-order valence-corrected chi connectivity index (χ0v) is 14.3. The highest BCUT2D eigenvalue weighted by molar-refractivity contribution is 5.99. The maximum absolute atomic E-state index is 12.5. The molecule has 25 heavy (non-hydrogen) atoms. The molecule has 0 aliphatic heterocycles. The second kappa shape index (κ2) is 6.70. The lowest BCUT2D eigenvalue weighted by molar-refractivity contribution is 0.0944. The van der Waals surface area contributed by atoms with Crippen molar-refractivity contribution in [3.8, 4) is 0 Å². The van der Waals surface area contributed by atoms with Crippen LogP contribution >= 0.6 is 0 Å². The molecule has 0 spiro atoms. The number of fused-ring (bicyclic) bond motifs is 1. The van der Waals surface area contributed by atoms with Crippen LogP contribution in [0, 0.1) is 12.8 Å². The van der Waals surface area contributed by atoms with Gasteiger partial charge in [-0.15, -0.1) is 0 Å². The molecule has 0 bridgehead atoms. The first-order valence-electron chi connectivity index (χ1n) is 8.83. The van der Waals surface area contributed by atoms with E-state index >= 15 is 0 Å². The predicted octanol–water partition coefficient (Wildman–Crippen LogP) is 3.33. The molecule has 0 radical (unpaired) electrons. The van der Waals surface area contributed by atoms with Gasteiger partial charge in [0.15, 0.2) is 5.65 Å². The number of amides is 1. The van der Waals surface area contributed by atoms with Crippen molar-refractivity contribution in [3.63, 3.8) is 0 Å². The van der Waals surface area contributed by atoms with Gasteiger partial charge in [0.05, 0.1) is 12.5 Å². The van der Waals surface area contributed by atoms with Crippen LogP contribution in [0.15, 0.2) is 41.3 Å². The van der Waals surface area contributed by atoms with E-state index in [2.05, 4.69) is 21.5 Å². The summed E-state index contributed by atoms with van der Waals surface area (Å²) < 4.78 is 7.16. The highest BCUT2D eigenvalue weighted by atomic mass is 16.3. The van der Waals surface area contributed by atoms with Crippen molar-refractivity contribution in [1.29, 1.82) is 0 Å². The second-order valence-corrected chi connectivity index (χ2v) is 6.84. The van der Waals surface area contributed by atoms with Gasteiger partial charge in [0.25, 0.3) is 5.91 Å². The lowest BCUT2D eigenvalue weighted by atomic mass is 9.81. The highest BCUT2D eigenvalue weighted by Gasteiger charge is 2.24. The molecule has 1 aliphatic carbocycles. The maximum Gasteiger partial charge on any atom is 0.256 e. The summed E-state index contributed by atoms with van der Waals surface area (Å²) in [5.74, 6) is 2.04. The van der Waals surface area contributed by atoms with Gasteiger partial charge in [-0.2, -0.15) is 5.10 Å². The minimum absolute atomic E-state index is 0.0961. The van der Waals surface area contributed by atoms with Crippen molar-refractivity contribution in [2.75, 3.05) is 6.54 Å². The number of aryl methyl sites for hydroxylation is 1. The van der Waals surface area contributed by atoms with E-state index in [1.165, 1.54) is 0 Å². The zero-order valence-electron chi connectivity index (χ0n) is 14.3. The van der Waals surface area contributed by atoms with Gasteiger partial charge < -0.3 is 9.73 Å². The van der Waals surface area contributed by atoms with Gasteiger partial charge in [-0.25, -0.2) is 9.50 Å². The third-order valence-corrected chi connectivity index (χ3v) is 5.10. The van der Waals surface area contributed by atoms with E-state index in [9.17, 15) is 4.79 Å². The highest BCUT2D eigenvalue weighted by Crippen LogP contribution is 2.35. The molecule has 4 rings (SSSR count). The molecule has 3 aromatic heterocycles. The maximum atomic E-state index is 12.5. The Hall–Kier alpha value is -2.63. The smallest absolute Gasteiger partial charge is 0.256 e. The monoisotopic (exact) mass is 338 g/mol. The molecule has 3 heterocycles. The summed E-state index contributed by atoms with van der Waals surface area (Å²) in [7, 11) is 0. The molecule has 1 amide bonds. The quantitative estimate of drug-likeness (QED) is 0.792. The summed E-state index contributed by atoms with van der Waals surface area (Å²) in [4.78, 5) is 16.9. The van der Waals surface area contributed by atoms with Crippen LogP contribution in [0.2, 0.25) is 0 Å². The predicted molar refractivity (Wildman–Crippen MR) is 93.5 cm³/mol. The summed E-state index contributed by atoms with van der Waals surface area (Å²) in [6.07, 6.45) is 9.61. The molecule has 130 valence electrons. The van der Waals surface area contributed by atoms with Crippen LogP contribution in [-0.4, -0.2) is 27.0 Å². The lowest BCUT2D eigenvalue weighted by Crippen LogP contribution is -2.31. The summed E-state index contributed by atoms with van der Waals surface area (Å²) in [5, 5.41) is 7.26. The van der Waals surface area contributed by atoms with Crippen molar-refractivity contribution in [3.05, 3.63) is 53.9 Å². The summed E-state index contributed by atoms with van der Waals surface area (Å²) in [5.41, 5.74) is 2.02. The van der Waals surface area contributed by atoms with Gasteiger partial charge in [0, 0.05) is 24.4 Å². The number of hydrogen-bond acceptors (Lipinski definition) is 4. The Bertz CT molecular complexity index is 861. The van der Waals surface area contributed by atoms with E-state index in [0.717, 1.165) is 37.1 Å². The van der Waals surface area contributed by atoms with Gasteiger partial charge in [0.2, 0.25) is 0 Å². The minimum Gasteiger partial charge on any atom is -0.469 e. The van der Waals surface area contributed by atoms with E-state index in [1.54, 1.807) is 17.0 Å². The topological polar surface area (TPSA) is 72.4 Å². The Kier molecular flexibility index (Phi) is 4.26.